The molecule has 0 heterocycles. The number of rotatable bonds is 8. The Labute approximate surface area is 177 Å². The van der Waals surface area contributed by atoms with Gasteiger partial charge in [-0.15, -0.1) is 0 Å². The van der Waals surface area contributed by atoms with Crippen molar-refractivity contribution in [3.63, 3.8) is 0 Å². The standard InChI is InChI=1S/C24H25NO4S/c1-17(2)20-12-14-23(15-13-20)30(28,29)25-22-5-3-4-19(16-22)7-6-18-8-10-21(11-9-18)24(26)27/h3-5,8-17,25H,6-7H2,1-2H3,(H,26,27). The molecular weight excluding hydrogens is 398 g/mol. The Morgan fingerprint density at radius 2 is 1.53 bits per heavy atom. The number of hydrogen-bond acceptors (Lipinski definition) is 3. The zero-order chi connectivity index (χ0) is 21.7. The summed E-state index contributed by atoms with van der Waals surface area (Å²) in [4.78, 5) is 11.2. The van der Waals surface area contributed by atoms with Crippen LogP contribution in [0.1, 0.15) is 46.8 Å². The van der Waals surface area contributed by atoms with Gasteiger partial charge >= 0.3 is 5.97 Å². The van der Waals surface area contributed by atoms with Gasteiger partial charge in [-0.2, -0.15) is 0 Å². The van der Waals surface area contributed by atoms with Crippen LogP contribution in [0.25, 0.3) is 0 Å². The lowest BCUT2D eigenvalue weighted by Crippen LogP contribution is -2.13. The van der Waals surface area contributed by atoms with E-state index in [0.717, 1.165) is 23.1 Å². The predicted molar refractivity (Wildman–Crippen MR) is 119 cm³/mol. The molecule has 0 spiro atoms. The number of hydrogen-bond donors (Lipinski definition) is 2. The molecule has 6 heteroatoms. The maximum absolute atomic E-state index is 12.7. The number of sulfonamides is 1. The first-order valence-electron chi connectivity index (χ1n) is 9.78. The highest BCUT2D eigenvalue weighted by atomic mass is 32.2. The maximum atomic E-state index is 12.7. The van der Waals surface area contributed by atoms with E-state index in [2.05, 4.69) is 18.6 Å². The molecule has 0 saturated heterocycles. The van der Waals surface area contributed by atoms with Gasteiger partial charge in [0.1, 0.15) is 0 Å². The van der Waals surface area contributed by atoms with Crippen LogP contribution in [-0.4, -0.2) is 19.5 Å². The molecule has 0 unspecified atom stereocenters. The van der Waals surface area contributed by atoms with Gasteiger partial charge in [0, 0.05) is 5.69 Å². The van der Waals surface area contributed by atoms with Gasteiger partial charge in [-0.05, 0) is 71.8 Å². The second-order valence-corrected chi connectivity index (χ2v) is 9.21. The summed E-state index contributed by atoms with van der Waals surface area (Å²) in [6, 6.07) is 21.0. The molecule has 0 radical (unpaired) electrons. The molecule has 0 saturated carbocycles. The Balaban J connectivity index is 1.67. The number of anilines is 1. The average Bonchev–Trinajstić information content (AvgIpc) is 2.72. The highest BCUT2D eigenvalue weighted by molar-refractivity contribution is 7.92. The largest absolute Gasteiger partial charge is 0.478 e. The second-order valence-electron chi connectivity index (χ2n) is 7.53. The van der Waals surface area contributed by atoms with E-state index < -0.39 is 16.0 Å². The van der Waals surface area contributed by atoms with E-state index in [1.54, 1.807) is 42.5 Å². The molecule has 2 N–H and O–H groups in total. The summed E-state index contributed by atoms with van der Waals surface area (Å²) in [5, 5.41) is 8.97. The molecule has 0 bridgehead atoms. The lowest BCUT2D eigenvalue weighted by atomic mass is 10.0. The number of nitrogens with one attached hydrogen (secondary N) is 1. The average molecular weight is 424 g/mol. The van der Waals surface area contributed by atoms with Crippen LogP contribution in [0.15, 0.2) is 77.7 Å². The van der Waals surface area contributed by atoms with Gasteiger partial charge in [0.15, 0.2) is 0 Å². The van der Waals surface area contributed by atoms with E-state index in [9.17, 15) is 13.2 Å². The third-order valence-electron chi connectivity index (χ3n) is 4.94. The van der Waals surface area contributed by atoms with Gasteiger partial charge in [-0.25, -0.2) is 13.2 Å². The van der Waals surface area contributed by atoms with Crippen molar-refractivity contribution in [3.8, 4) is 0 Å². The minimum absolute atomic E-state index is 0.232. The molecule has 0 aliphatic carbocycles. The first-order valence-corrected chi connectivity index (χ1v) is 11.3. The van der Waals surface area contributed by atoms with Crippen molar-refractivity contribution in [2.24, 2.45) is 0 Å². The van der Waals surface area contributed by atoms with Gasteiger partial charge in [-0.1, -0.05) is 50.2 Å². The molecule has 0 fully saturated rings. The van der Waals surface area contributed by atoms with Crippen LogP contribution in [0.4, 0.5) is 5.69 Å². The van der Waals surface area contributed by atoms with Crippen molar-refractivity contribution in [2.45, 2.75) is 37.5 Å². The molecule has 5 nitrogen and oxygen atoms in total. The van der Waals surface area contributed by atoms with Crippen molar-refractivity contribution in [3.05, 3.63) is 95.1 Å². The van der Waals surface area contributed by atoms with E-state index in [1.165, 1.54) is 0 Å². The number of carboxylic acids is 1. The van der Waals surface area contributed by atoms with Crippen LogP contribution in [0, 0.1) is 0 Å². The molecule has 3 rings (SSSR count). The maximum Gasteiger partial charge on any atom is 0.335 e. The summed E-state index contributed by atoms with van der Waals surface area (Å²) in [5.74, 6) is -0.605. The summed E-state index contributed by atoms with van der Waals surface area (Å²) in [7, 11) is -3.66. The van der Waals surface area contributed by atoms with E-state index in [1.807, 2.05) is 30.3 Å². The molecule has 0 atom stereocenters. The van der Waals surface area contributed by atoms with Crippen molar-refractivity contribution >= 4 is 21.7 Å². The minimum Gasteiger partial charge on any atom is -0.478 e. The Kier molecular flexibility index (Phi) is 6.57. The molecule has 0 aromatic heterocycles. The Morgan fingerprint density at radius 3 is 2.13 bits per heavy atom. The monoisotopic (exact) mass is 423 g/mol. The fourth-order valence-corrected chi connectivity index (χ4v) is 4.19. The molecule has 0 amide bonds. The number of carbonyl (C=O) groups is 1. The van der Waals surface area contributed by atoms with Crippen LogP contribution < -0.4 is 4.72 Å². The van der Waals surface area contributed by atoms with E-state index in [4.69, 9.17) is 5.11 Å². The molecule has 156 valence electrons. The lowest BCUT2D eigenvalue weighted by Gasteiger charge is -2.11. The van der Waals surface area contributed by atoms with E-state index >= 15 is 0 Å². The first kappa shape index (κ1) is 21.6. The van der Waals surface area contributed by atoms with Gasteiger partial charge in [0.05, 0.1) is 10.5 Å². The summed E-state index contributed by atoms with van der Waals surface area (Å²) in [6.07, 6.45) is 1.44. The van der Waals surface area contributed by atoms with E-state index in [-0.39, 0.29) is 10.5 Å². The smallest absolute Gasteiger partial charge is 0.335 e. The molecule has 30 heavy (non-hydrogen) atoms. The predicted octanol–water partition coefficient (Wildman–Crippen LogP) is 5.09. The van der Waals surface area contributed by atoms with Crippen molar-refractivity contribution < 1.29 is 18.3 Å². The highest BCUT2D eigenvalue weighted by Crippen LogP contribution is 2.21. The Bertz CT molecular complexity index is 1120. The number of aromatic carboxylic acids is 1. The van der Waals surface area contributed by atoms with Crippen molar-refractivity contribution in [1.29, 1.82) is 0 Å². The quantitative estimate of drug-likeness (QED) is 0.528. The molecule has 3 aromatic carbocycles. The topological polar surface area (TPSA) is 83.5 Å². The normalized spacial score (nSPS) is 11.4. The number of benzene rings is 3. The Hall–Kier alpha value is -3.12. The third kappa shape index (κ3) is 5.48. The zero-order valence-electron chi connectivity index (χ0n) is 17.0. The number of carboxylic acid groups (broad SMARTS) is 1. The van der Waals surface area contributed by atoms with Gasteiger partial charge < -0.3 is 5.11 Å². The van der Waals surface area contributed by atoms with Crippen LogP contribution in [-0.2, 0) is 22.9 Å². The zero-order valence-corrected chi connectivity index (χ0v) is 17.8. The summed E-state index contributed by atoms with van der Waals surface area (Å²) >= 11 is 0. The SMILES string of the molecule is CC(C)c1ccc(S(=O)(=O)Nc2cccc(CCc3ccc(C(=O)O)cc3)c2)cc1. The Morgan fingerprint density at radius 1 is 0.900 bits per heavy atom. The van der Waals surface area contributed by atoms with Crippen LogP contribution in [0.2, 0.25) is 0 Å². The third-order valence-corrected chi connectivity index (χ3v) is 6.34. The van der Waals surface area contributed by atoms with E-state index in [0.29, 0.717) is 18.0 Å². The van der Waals surface area contributed by atoms with Crippen LogP contribution in [0.3, 0.4) is 0 Å². The second kappa shape index (κ2) is 9.13. The van der Waals surface area contributed by atoms with Crippen LogP contribution in [0.5, 0.6) is 0 Å². The molecule has 3 aromatic rings. The molecular formula is C24H25NO4S. The minimum atomic E-state index is -3.66. The van der Waals surface area contributed by atoms with Crippen LogP contribution >= 0.6 is 0 Å². The molecule has 0 aliphatic rings. The summed E-state index contributed by atoms with van der Waals surface area (Å²) in [6.45, 7) is 4.13. The van der Waals surface area contributed by atoms with Gasteiger partial charge in [0.25, 0.3) is 10.0 Å². The van der Waals surface area contributed by atoms with Crippen molar-refractivity contribution in [1.82, 2.24) is 0 Å². The lowest BCUT2D eigenvalue weighted by molar-refractivity contribution is 0.0697. The summed E-state index contributed by atoms with van der Waals surface area (Å²) < 4.78 is 28.1. The summed E-state index contributed by atoms with van der Waals surface area (Å²) in [5.41, 5.74) is 3.88. The highest BCUT2D eigenvalue weighted by Gasteiger charge is 2.14. The first-order chi connectivity index (χ1) is 14.2. The molecule has 0 aliphatic heterocycles. The fourth-order valence-electron chi connectivity index (χ4n) is 3.14. The number of aryl methyl sites for hydroxylation is 2. The van der Waals surface area contributed by atoms with Crippen molar-refractivity contribution in [2.75, 3.05) is 4.72 Å². The fraction of sp³-hybridized carbons (Fsp3) is 0.208. The van der Waals surface area contributed by atoms with Gasteiger partial charge in [0.2, 0.25) is 0 Å². The van der Waals surface area contributed by atoms with Gasteiger partial charge in [-0.3, -0.25) is 4.72 Å².